The molecule has 0 aliphatic carbocycles. The molecule has 0 bridgehead atoms. The normalized spacial score (nSPS) is 17.5. The summed E-state index contributed by atoms with van der Waals surface area (Å²) in [7, 11) is 2.34. The van der Waals surface area contributed by atoms with Crippen molar-refractivity contribution in [2.45, 2.75) is 18.9 Å². The Hall–Kier alpha value is -4.13. The van der Waals surface area contributed by atoms with E-state index in [9.17, 15) is 22.8 Å². The van der Waals surface area contributed by atoms with Crippen molar-refractivity contribution in [1.29, 1.82) is 0 Å². The van der Waals surface area contributed by atoms with Crippen LogP contribution in [-0.2, 0) is 11.2 Å². The van der Waals surface area contributed by atoms with Crippen LogP contribution in [0, 0.1) is 17.5 Å². The molecular weight excluding hydrogens is 531 g/mol. The third kappa shape index (κ3) is 5.46. The van der Waals surface area contributed by atoms with Crippen LogP contribution in [0.15, 0.2) is 34.9 Å². The van der Waals surface area contributed by atoms with Crippen LogP contribution >= 0.6 is 0 Å². The van der Waals surface area contributed by atoms with Crippen molar-refractivity contribution in [3.63, 3.8) is 0 Å². The summed E-state index contributed by atoms with van der Waals surface area (Å²) < 4.78 is 57.5. The molecule has 2 saturated heterocycles. The monoisotopic (exact) mass is 559 g/mol. The van der Waals surface area contributed by atoms with E-state index in [4.69, 9.17) is 14.0 Å². The van der Waals surface area contributed by atoms with Gasteiger partial charge in [0.05, 0.1) is 19.8 Å². The summed E-state index contributed by atoms with van der Waals surface area (Å²) in [6, 6.07) is 6.60. The average molecular weight is 560 g/mol. The van der Waals surface area contributed by atoms with Gasteiger partial charge < -0.3 is 23.8 Å². The number of aromatic nitrogens is 2. The van der Waals surface area contributed by atoms with Gasteiger partial charge >= 0.3 is 0 Å². The second-order valence-corrected chi connectivity index (χ2v) is 9.59. The molecule has 5 rings (SSSR count). The molecule has 0 spiro atoms. The Kier molecular flexibility index (Phi) is 7.92. The van der Waals surface area contributed by atoms with Gasteiger partial charge in [-0.1, -0.05) is 5.16 Å². The van der Waals surface area contributed by atoms with Crippen molar-refractivity contribution in [1.82, 2.24) is 24.8 Å². The van der Waals surface area contributed by atoms with Crippen LogP contribution in [0.4, 0.5) is 13.2 Å². The quantitative estimate of drug-likeness (QED) is 0.436. The van der Waals surface area contributed by atoms with Crippen molar-refractivity contribution < 1.29 is 36.8 Å². The lowest BCUT2D eigenvalue weighted by Crippen LogP contribution is -2.63. The summed E-state index contributed by atoms with van der Waals surface area (Å²) >= 11 is 0. The molecule has 40 heavy (non-hydrogen) atoms. The zero-order valence-electron chi connectivity index (χ0n) is 22.0. The molecule has 2 fully saturated rings. The van der Waals surface area contributed by atoms with Gasteiger partial charge in [-0.3, -0.25) is 14.5 Å². The molecule has 13 heteroatoms. The molecule has 2 aliphatic rings. The summed E-state index contributed by atoms with van der Waals surface area (Å²) in [6.45, 7) is 2.76. The maximum Gasteiger partial charge on any atom is 0.257 e. The number of halogens is 3. The van der Waals surface area contributed by atoms with E-state index in [0.29, 0.717) is 50.0 Å². The minimum absolute atomic E-state index is 0.0938. The van der Waals surface area contributed by atoms with E-state index < -0.39 is 23.3 Å². The van der Waals surface area contributed by atoms with Gasteiger partial charge in [0.2, 0.25) is 23.4 Å². The largest absolute Gasteiger partial charge is 0.494 e. The highest BCUT2D eigenvalue weighted by atomic mass is 19.1. The highest BCUT2D eigenvalue weighted by Gasteiger charge is 2.37. The smallest absolute Gasteiger partial charge is 0.257 e. The molecule has 1 aromatic heterocycles. The lowest BCUT2D eigenvalue weighted by molar-refractivity contribution is -0.135. The van der Waals surface area contributed by atoms with Crippen LogP contribution in [0.5, 0.6) is 11.5 Å². The summed E-state index contributed by atoms with van der Waals surface area (Å²) in [4.78, 5) is 36.0. The van der Waals surface area contributed by atoms with E-state index in [-0.39, 0.29) is 48.5 Å². The van der Waals surface area contributed by atoms with Gasteiger partial charge in [0, 0.05) is 63.7 Å². The summed E-state index contributed by atoms with van der Waals surface area (Å²) in [6.07, 6.45) is 0.400. The predicted molar refractivity (Wildman–Crippen MR) is 135 cm³/mol. The first-order valence-electron chi connectivity index (χ1n) is 12.8. The number of carbonyl (C=O) groups excluding carboxylic acids is 2. The molecule has 0 saturated carbocycles. The second-order valence-electron chi connectivity index (χ2n) is 9.59. The number of hydrogen-bond acceptors (Lipinski definition) is 8. The minimum atomic E-state index is -1.09. The predicted octanol–water partition coefficient (Wildman–Crippen LogP) is 2.77. The molecule has 10 nitrogen and oxygen atoms in total. The Morgan fingerprint density at radius 1 is 0.975 bits per heavy atom. The number of piperazine rings is 2. The van der Waals surface area contributed by atoms with E-state index in [1.165, 1.54) is 24.1 Å². The molecule has 2 aliphatic heterocycles. The highest BCUT2D eigenvalue weighted by Crippen LogP contribution is 2.33. The Morgan fingerprint density at radius 3 is 2.38 bits per heavy atom. The van der Waals surface area contributed by atoms with E-state index in [2.05, 4.69) is 15.0 Å². The molecule has 212 valence electrons. The third-order valence-electron chi connectivity index (χ3n) is 7.24. The first-order chi connectivity index (χ1) is 19.3. The van der Waals surface area contributed by atoms with Gasteiger partial charge in [-0.05, 0) is 30.3 Å². The van der Waals surface area contributed by atoms with Crippen molar-refractivity contribution in [2.24, 2.45) is 0 Å². The Bertz CT molecular complexity index is 1400. The van der Waals surface area contributed by atoms with Gasteiger partial charge in [-0.15, -0.1) is 0 Å². The fourth-order valence-corrected chi connectivity index (χ4v) is 5.05. The number of amides is 2. The molecule has 3 aromatic rings. The number of rotatable bonds is 7. The number of nitrogens with zero attached hydrogens (tertiary/aromatic N) is 5. The number of carbonyl (C=O) groups is 2. The van der Waals surface area contributed by atoms with Crippen molar-refractivity contribution in [3.8, 4) is 22.9 Å². The maximum atomic E-state index is 14.9. The number of aryl methyl sites for hydroxylation is 1. The fourth-order valence-electron chi connectivity index (χ4n) is 5.05. The van der Waals surface area contributed by atoms with Gasteiger partial charge in [0.1, 0.15) is 5.82 Å². The lowest BCUT2D eigenvalue weighted by Gasteiger charge is -2.47. The average Bonchev–Trinajstić information content (AvgIpc) is 3.45. The first-order valence-corrected chi connectivity index (χ1v) is 12.8. The third-order valence-corrected chi connectivity index (χ3v) is 7.24. The van der Waals surface area contributed by atoms with Crippen LogP contribution in [0.2, 0.25) is 0 Å². The van der Waals surface area contributed by atoms with Gasteiger partial charge in [-0.25, -0.2) is 8.78 Å². The summed E-state index contributed by atoms with van der Waals surface area (Å²) in [5, 5.41) is 3.90. The van der Waals surface area contributed by atoms with Gasteiger partial charge in [-0.2, -0.15) is 9.37 Å². The Balaban J connectivity index is 1.20. The number of hydrogen-bond donors (Lipinski definition) is 0. The first kappa shape index (κ1) is 27.4. The number of methoxy groups -OCH3 is 2. The topological polar surface area (TPSA) is 101 Å². The molecular formula is C27H28F3N5O5. The second kappa shape index (κ2) is 11.5. The van der Waals surface area contributed by atoms with Crippen LogP contribution in [0.1, 0.15) is 22.7 Å². The number of ether oxygens (including phenoxy) is 2. The number of fused-ring (bicyclic) bond motifs is 1. The van der Waals surface area contributed by atoms with Crippen molar-refractivity contribution in [3.05, 3.63) is 59.2 Å². The molecule has 3 heterocycles. The summed E-state index contributed by atoms with van der Waals surface area (Å²) in [5.74, 6) is -3.53. The molecule has 2 amide bonds. The lowest BCUT2D eigenvalue weighted by atomic mass is 10.1. The fraction of sp³-hybridized carbons (Fsp3) is 0.407. The van der Waals surface area contributed by atoms with Crippen LogP contribution in [-0.4, -0.2) is 96.2 Å². The van der Waals surface area contributed by atoms with E-state index in [0.717, 1.165) is 13.2 Å². The SMILES string of the molecule is COc1cc(C(=O)N2CCN3CCN(C(=O)CCc4nc(-c5ccc(F)cc5)no4)CC3C2)c(F)c(OC)c1F. The highest BCUT2D eigenvalue weighted by molar-refractivity contribution is 5.95. The van der Waals surface area contributed by atoms with Crippen LogP contribution < -0.4 is 9.47 Å². The zero-order chi connectivity index (χ0) is 28.4. The van der Waals surface area contributed by atoms with E-state index in [1.807, 2.05) is 0 Å². The Morgan fingerprint density at radius 2 is 1.68 bits per heavy atom. The number of benzene rings is 2. The van der Waals surface area contributed by atoms with Crippen molar-refractivity contribution >= 4 is 11.8 Å². The maximum absolute atomic E-state index is 14.9. The molecule has 0 radical (unpaired) electrons. The van der Waals surface area contributed by atoms with E-state index in [1.54, 1.807) is 17.0 Å². The Labute approximate surface area is 228 Å². The van der Waals surface area contributed by atoms with Gasteiger partial charge in [0.25, 0.3) is 5.91 Å². The van der Waals surface area contributed by atoms with Crippen LogP contribution in [0.25, 0.3) is 11.4 Å². The standard InChI is InChI=1S/C27H28F3N5O5/c1-38-20-13-19(23(29)25(39-2)24(20)30)27(37)35-12-10-33-9-11-34(14-18(33)15-35)22(36)8-7-21-31-26(32-40-21)16-3-5-17(28)6-4-16/h3-6,13,18H,7-12,14-15H2,1-2H3. The van der Waals surface area contributed by atoms with E-state index >= 15 is 0 Å². The molecule has 2 aromatic carbocycles. The summed E-state index contributed by atoms with van der Waals surface area (Å²) in [5.41, 5.74) is 0.263. The molecule has 0 N–H and O–H groups in total. The molecule has 1 unspecified atom stereocenters. The van der Waals surface area contributed by atoms with Crippen LogP contribution in [0.3, 0.4) is 0 Å². The zero-order valence-corrected chi connectivity index (χ0v) is 22.0. The minimum Gasteiger partial charge on any atom is -0.494 e. The van der Waals surface area contributed by atoms with Gasteiger partial charge in [0.15, 0.2) is 17.3 Å². The molecule has 1 atom stereocenters. The van der Waals surface area contributed by atoms with Crippen molar-refractivity contribution in [2.75, 3.05) is 53.5 Å².